The predicted molar refractivity (Wildman–Crippen MR) is 70.6 cm³/mol. The highest BCUT2D eigenvalue weighted by atomic mass is 19.4. The standard InChI is InChI=1S/C14H17F3N2O2/c1-10(20)19-6-4-18(5-7-19)9-11-2-3-13(21)12(8-11)14(15,16)17/h2-3,8,21H,4-7,9H2,1H3. The molecule has 1 heterocycles. The minimum Gasteiger partial charge on any atom is -0.507 e. The number of alkyl halides is 3. The second kappa shape index (κ2) is 5.93. The Bertz CT molecular complexity index is 523. The quantitative estimate of drug-likeness (QED) is 0.909. The van der Waals surface area contributed by atoms with Crippen LogP contribution < -0.4 is 0 Å². The lowest BCUT2D eigenvalue weighted by molar-refractivity contribution is -0.139. The number of benzene rings is 1. The van der Waals surface area contributed by atoms with Gasteiger partial charge in [-0.1, -0.05) is 6.07 Å². The molecule has 1 aliphatic rings. The molecule has 4 nitrogen and oxygen atoms in total. The van der Waals surface area contributed by atoms with E-state index in [0.717, 1.165) is 12.1 Å². The summed E-state index contributed by atoms with van der Waals surface area (Å²) in [7, 11) is 0. The Kier molecular flexibility index (Phi) is 4.41. The van der Waals surface area contributed by atoms with Crippen LogP contribution in [0.5, 0.6) is 5.75 Å². The van der Waals surface area contributed by atoms with Crippen molar-refractivity contribution in [3.8, 4) is 5.75 Å². The van der Waals surface area contributed by atoms with Gasteiger partial charge in [-0.2, -0.15) is 13.2 Å². The molecule has 0 radical (unpaired) electrons. The fourth-order valence-electron chi connectivity index (χ4n) is 2.39. The van der Waals surface area contributed by atoms with Crippen LogP contribution in [0, 0.1) is 0 Å². The van der Waals surface area contributed by atoms with Gasteiger partial charge in [0, 0.05) is 39.6 Å². The number of rotatable bonds is 2. The maximum Gasteiger partial charge on any atom is 0.419 e. The first-order valence-electron chi connectivity index (χ1n) is 6.64. The van der Waals surface area contributed by atoms with Gasteiger partial charge < -0.3 is 10.0 Å². The Hall–Kier alpha value is -1.76. The fourth-order valence-corrected chi connectivity index (χ4v) is 2.39. The minimum absolute atomic E-state index is 0.0126. The van der Waals surface area contributed by atoms with E-state index in [1.807, 2.05) is 4.90 Å². The molecule has 7 heteroatoms. The van der Waals surface area contributed by atoms with E-state index < -0.39 is 17.5 Å². The molecule has 1 aromatic carbocycles. The summed E-state index contributed by atoms with van der Waals surface area (Å²) in [5.74, 6) is -0.744. The molecular formula is C14H17F3N2O2. The number of hydrogen-bond donors (Lipinski definition) is 1. The average Bonchev–Trinajstić information content (AvgIpc) is 2.40. The van der Waals surface area contributed by atoms with E-state index in [-0.39, 0.29) is 5.91 Å². The number of phenols is 1. The van der Waals surface area contributed by atoms with Gasteiger partial charge in [0.1, 0.15) is 5.75 Å². The number of carbonyl (C=O) groups excluding carboxylic acids is 1. The summed E-state index contributed by atoms with van der Waals surface area (Å²) in [6, 6.07) is 3.54. The third-order valence-corrected chi connectivity index (χ3v) is 3.59. The highest BCUT2D eigenvalue weighted by molar-refractivity contribution is 5.73. The number of hydrogen-bond acceptors (Lipinski definition) is 3. The number of nitrogens with zero attached hydrogens (tertiary/aromatic N) is 2. The van der Waals surface area contributed by atoms with Crippen molar-refractivity contribution >= 4 is 5.91 Å². The van der Waals surface area contributed by atoms with Crippen LogP contribution in [0.25, 0.3) is 0 Å². The van der Waals surface area contributed by atoms with Gasteiger partial charge in [-0.3, -0.25) is 9.69 Å². The van der Waals surface area contributed by atoms with Gasteiger partial charge in [0.15, 0.2) is 0 Å². The van der Waals surface area contributed by atoms with E-state index in [2.05, 4.69) is 0 Å². The highest BCUT2D eigenvalue weighted by Gasteiger charge is 2.34. The van der Waals surface area contributed by atoms with Gasteiger partial charge >= 0.3 is 6.18 Å². The summed E-state index contributed by atoms with van der Waals surface area (Å²) in [6.45, 7) is 4.29. The van der Waals surface area contributed by atoms with Crippen LogP contribution in [0.3, 0.4) is 0 Å². The molecule has 1 aromatic rings. The molecule has 1 N–H and O–H groups in total. The average molecular weight is 302 g/mol. The lowest BCUT2D eigenvalue weighted by atomic mass is 10.1. The van der Waals surface area contributed by atoms with Crippen LogP contribution in [0.15, 0.2) is 18.2 Å². The first kappa shape index (κ1) is 15.6. The first-order chi connectivity index (χ1) is 9.77. The fraction of sp³-hybridized carbons (Fsp3) is 0.500. The Morgan fingerprint density at radius 3 is 2.38 bits per heavy atom. The number of amides is 1. The molecule has 0 spiro atoms. The molecule has 1 fully saturated rings. The summed E-state index contributed by atoms with van der Waals surface area (Å²) in [5.41, 5.74) is -0.515. The van der Waals surface area contributed by atoms with E-state index in [4.69, 9.17) is 0 Å². The Morgan fingerprint density at radius 1 is 1.24 bits per heavy atom. The third kappa shape index (κ3) is 3.87. The molecule has 0 bridgehead atoms. The van der Waals surface area contributed by atoms with E-state index in [1.165, 1.54) is 13.0 Å². The molecule has 0 unspecified atom stereocenters. The largest absolute Gasteiger partial charge is 0.507 e. The zero-order valence-corrected chi connectivity index (χ0v) is 11.7. The van der Waals surface area contributed by atoms with Gasteiger partial charge in [0.05, 0.1) is 5.56 Å². The van der Waals surface area contributed by atoms with Gasteiger partial charge in [-0.05, 0) is 17.7 Å². The van der Waals surface area contributed by atoms with Crippen LogP contribution in [0.2, 0.25) is 0 Å². The molecule has 0 saturated carbocycles. The van der Waals surface area contributed by atoms with Crippen molar-refractivity contribution in [2.24, 2.45) is 0 Å². The molecule has 0 aliphatic carbocycles. The summed E-state index contributed by atoms with van der Waals surface area (Å²) in [4.78, 5) is 14.9. The van der Waals surface area contributed by atoms with E-state index >= 15 is 0 Å². The number of aromatic hydroxyl groups is 1. The Labute approximate surface area is 120 Å². The number of phenolic OH excluding ortho intramolecular Hbond substituents is 1. The van der Waals surface area contributed by atoms with Crippen molar-refractivity contribution in [1.29, 1.82) is 0 Å². The van der Waals surface area contributed by atoms with Crippen molar-refractivity contribution in [2.75, 3.05) is 26.2 Å². The molecule has 21 heavy (non-hydrogen) atoms. The van der Waals surface area contributed by atoms with Crippen LogP contribution >= 0.6 is 0 Å². The van der Waals surface area contributed by atoms with Gasteiger partial charge in [-0.25, -0.2) is 0 Å². The maximum atomic E-state index is 12.7. The Balaban J connectivity index is 2.03. The van der Waals surface area contributed by atoms with E-state index in [0.29, 0.717) is 38.3 Å². The molecule has 116 valence electrons. The minimum atomic E-state index is -4.56. The topological polar surface area (TPSA) is 43.8 Å². The maximum absolute atomic E-state index is 12.7. The highest BCUT2D eigenvalue weighted by Crippen LogP contribution is 2.36. The summed E-state index contributed by atoms with van der Waals surface area (Å²) in [6.07, 6.45) is -4.56. The molecule has 1 amide bonds. The monoisotopic (exact) mass is 302 g/mol. The summed E-state index contributed by atoms with van der Waals surface area (Å²) < 4.78 is 38.2. The van der Waals surface area contributed by atoms with Crippen LogP contribution in [0.1, 0.15) is 18.1 Å². The SMILES string of the molecule is CC(=O)N1CCN(Cc2ccc(O)c(C(F)(F)F)c2)CC1. The Morgan fingerprint density at radius 2 is 1.86 bits per heavy atom. The molecule has 1 saturated heterocycles. The van der Waals surface area contributed by atoms with Crippen molar-refractivity contribution < 1.29 is 23.1 Å². The summed E-state index contributed by atoms with van der Waals surface area (Å²) in [5, 5.41) is 9.29. The van der Waals surface area contributed by atoms with Crippen LogP contribution in [0.4, 0.5) is 13.2 Å². The van der Waals surface area contributed by atoms with Gasteiger partial charge in [-0.15, -0.1) is 0 Å². The van der Waals surface area contributed by atoms with Crippen molar-refractivity contribution in [1.82, 2.24) is 9.80 Å². The molecule has 0 atom stereocenters. The zero-order valence-electron chi connectivity index (χ0n) is 11.7. The molecular weight excluding hydrogens is 285 g/mol. The first-order valence-corrected chi connectivity index (χ1v) is 6.64. The van der Waals surface area contributed by atoms with E-state index in [1.54, 1.807) is 4.90 Å². The predicted octanol–water partition coefficient (Wildman–Crippen LogP) is 2.08. The lowest BCUT2D eigenvalue weighted by Crippen LogP contribution is -2.47. The third-order valence-electron chi connectivity index (χ3n) is 3.59. The smallest absolute Gasteiger partial charge is 0.419 e. The summed E-state index contributed by atoms with van der Waals surface area (Å²) >= 11 is 0. The molecule has 2 rings (SSSR count). The van der Waals surface area contributed by atoms with Gasteiger partial charge in [0.2, 0.25) is 5.91 Å². The van der Waals surface area contributed by atoms with Crippen LogP contribution in [-0.2, 0) is 17.5 Å². The van der Waals surface area contributed by atoms with Crippen molar-refractivity contribution in [2.45, 2.75) is 19.6 Å². The molecule has 0 aromatic heterocycles. The second-order valence-electron chi connectivity index (χ2n) is 5.13. The number of piperazine rings is 1. The number of halogens is 3. The van der Waals surface area contributed by atoms with E-state index in [9.17, 15) is 23.1 Å². The van der Waals surface area contributed by atoms with Crippen molar-refractivity contribution in [3.05, 3.63) is 29.3 Å². The second-order valence-corrected chi connectivity index (χ2v) is 5.13. The number of carbonyl (C=O) groups is 1. The lowest BCUT2D eigenvalue weighted by Gasteiger charge is -2.34. The van der Waals surface area contributed by atoms with Crippen molar-refractivity contribution in [3.63, 3.8) is 0 Å². The normalized spacial score (nSPS) is 17.0. The van der Waals surface area contributed by atoms with Gasteiger partial charge in [0.25, 0.3) is 0 Å². The zero-order chi connectivity index (χ0) is 15.6. The molecule has 1 aliphatic heterocycles. The van der Waals surface area contributed by atoms with Crippen LogP contribution in [-0.4, -0.2) is 47.0 Å².